The van der Waals surface area contributed by atoms with Crippen molar-refractivity contribution in [2.75, 3.05) is 31.1 Å². The lowest BCUT2D eigenvalue weighted by atomic mass is 9.92. The summed E-state index contributed by atoms with van der Waals surface area (Å²) >= 11 is 0. The summed E-state index contributed by atoms with van der Waals surface area (Å²) in [6.45, 7) is 1.60. The maximum absolute atomic E-state index is 11.9. The number of aryl methyl sites for hydroxylation is 1. The number of piperidine rings is 1. The van der Waals surface area contributed by atoms with Crippen LogP contribution in [0.4, 0.5) is 11.4 Å². The van der Waals surface area contributed by atoms with E-state index in [0.29, 0.717) is 42.6 Å². The van der Waals surface area contributed by atoms with Crippen molar-refractivity contribution in [3.05, 3.63) is 52.1 Å². The standard InChI is InChI=1S/C23H31N9O4/c24-23(26-7-1-2-18-12-25-14-27-18)28-17-5-8-31(9-6-17)19-4-3-15(10-20(19)32(35)36)22-16(13-33)11-21(34)29-30-22/h3-4,10,12,14,16-17,33H,1-2,5-9,11,13H2,(H,25,27)(H,29,34)(H3,24,26,28). The highest BCUT2D eigenvalue weighted by molar-refractivity contribution is 6.06. The number of H-pyrrole nitrogens is 1. The molecule has 6 N–H and O–H groups in total. The topological polar surface area (TPSA) is 187 Å². The molecule has 36 heavy (non-hydrogen) atoms. The zero-order valence-electron chi connectivity index (χ0n) is 19.9. The van der Waals surface area contributed by atoms with Crippen molar-refractivity contribution >= 4 is 29.0 Å². The second-order valence-electron chi connectivity index (χ2n) is 8.93. The molecule has 2 aliphatic rings. The number of nitro benzene ring substituents is 1. The third-order valence-electron chi connectivity index (χ3n) is 6.44. The molecule has 1 aromatic heterocycles. The smallest absolute Gasteiger partial charge is 0.293 e. The van der Waals surface area contributed by atoms with Gasteiger partial charge in [-0.1, -0.05) is 6.07 Å². The summed E-state index contributed by atoms with van der Waals surface area (Å²) in [4.78, 5) is 36.5. The average Bonchev–Trinajstić information content (AvgIpc) is 3.40. The molecule has 2 aliphatic heterocycles. The van der Waals surface area contributed by atoms with E-state index in [-0.39, 0.29) is 30.7 Å². The molecule has 13 heteroatoms. The lowest BCUT2D eigenvalue weighted by Gasteiger charge is -2.34. The second kappa shape index (κ2) is 11.6. The Bertz CT molecular complexity index is 1120. The largest absolute Gasteiger partial charge is 0.396 e. The van der Waals surface area contributed by atoms with E-state index in [1.807, 2.05) is 4.90 Å². The summed E-state index contributed by atoms with van der Waals surface area (Å²) in [5, 5.41) is 28.8. The van der Waals surface area contributed by atoms with E-state index in [2.05, 4.69) is 30.8 Å². The Kier molecular flexibility index (Phi) is 8.10. The molecule has 1 unspecified atom stereocenters. The third kappa shape index (κ3) is 6.16. The quantitative estimate of drug-likeness (QED) is 0.110. The monoisotopic (exact) mass is 497 g/mol. The highest BCUT2D eigenvalue weighted by Crippen LogP contribution is 2.32. The number of guanidine groups is 1. The number of aliphatic hydroxyl groups is 1. The average molecular weight is 498 g/mol. The van der Waals surface area contributed by atoms with E-state index in [0.717, 1.165) is 31.4 Å². The number of nitrogens with two attached hydrogens (primary N) is 1. The third-order valence-corrected chi connectivity index (χ3v) is 6.44. The zero-order valence-corrected chi connectivity index (χ0v) is 19.9. The molecular formula is C23H31N9O4. The number of imidazole rings is 1. The van der Waals surface area contributed by atoms with E-state index in [4.69, 9.17) is 5.73 Å². The lowest BCUT2D eigenvalue weighted by molar-refractivity contribution is -0.384. The molecule has 1 saturated heterocycles. The van der Waals surface area contributed by atoms with Crippen molar-refractivity contribution in [3.8, 4) is 0 Å². The minimum absolute atomic E-state index is 0.0338. The van der Waals surface area contributed by atoms with Gasteiger partial charge in [0.25, 0.3) is 5.69 Å². The Labute approximate surface area is 208 Å². The van der Waals surface area contributed by atoms with Gasteiger partial charge in [0.1, 0.15) is 5.69 Å². The molecule has 0 aliphatic carbocycles. The molecular weight excluding hydrogens is 466 g/mol. The first-order valence-electron chi connectivity index (χ1n) is 12.0. The van der Waals surface area contributed by atoms with Crippen LogP contribution in [0.1, 0.15) is 36.9 Å². The summed E-state index contributed by atoms with van der Waals surface area (Å²) in [5.41, 5.74) is 11.0. The number of carbonyl (C=O) groups excluding carboxylic acids is 1. The van der Waals surface area contributed by atoms with Gasteiger partial charge in [0.15, 0.2) is 5.96 Å². The molecule has 1 fully saturated rings. The molecule has 13 nitrogen and oxygen atoms in total. The van der Waals surface area contributed by atoms with Gasteiger partial charge in [-0.25, -0.2) is 10.4 Å². The number of carbonyl (C=O) groups is 1. The van der Waals surface area contributed by atoms with Crippen molar-refractivity contribution in [3.63, 3.8) is 0 Å². The van der Waals surface area contributed by atoms with E-state index in [9.17, 15) is 20.0 Å². The summed E-state index contributed by atoms with van der Waals surface area (Å²) in [7, 11) is 0. The van der Waals surface area contributed by atoms with Gasteiger partial charge >= 0.3 is 0 Å². The molecule has 0 saturated carbocycles. The van der Waals surface area contributed by atoms with Crippen LogP contribution in [0, 0.1) is 16.0 Å². The number of hydrogen-bond donors (Lipinski definition) is 5. The van der Waals surface area contributed by atoms with Crippen LogP contribution in [-0.4, -0.2) is 69.9 Å². The first kappa shape index (κ1) is 25.1. The number of nitro groups is 1. The normalized spacial score (nSPS) is 19.1. The summed E-state index contributed by atoms with van der Waals surface area (Å²) < 4.78 is 0. The number of hydrogen-bond acceptors (Lipinski definition) is 8. The SMILES string of the molecule is NC(=NCCCc1cnc[nH]1)NC1CCN(c2ccc(C3=NNC(=O)CC3CO)cc2[N+](=O)[O-])CC1. The number of hydrazone groups is 1. The van der Waals surface area contributed by atoms with Crippen LogP contribution in [0.3, 0.4) is 0 Å². The van der Waals surface area contributed by atoms with Crippen molar-refractivity contribution in [2.24, 2.45) is 21.7 Å². The van der Waals surface area contributed by atoms with Gasteiger partial charge in [-0.2, -0.15) is 5.10 Å². The number of nitrogens with zero attached hydrogens (tertiary/aromatic N) is 5. The van der Waals surface area contributed by atoms with E-state index >= 15 is 0 Å². The van der Waals surface area contributed by atoms with E-state index < -0.39 is 10.8 Å². The van der Waals surface area contributed by atoms with Crippen LogP contribution >= 0.6 is 0 Å². The van der Waals surface area contributed by atoms with Gasteiger partial charge in [0.05, 0.1) is 23.6 Å². The maximum Gasteiger partial charge on any atom is 0.293 e. The predicted octanol–water partition coefficient (Wildman–Crippen LogP) is 0.656. The van der Waals surface area contributed by atoms with Crippen molar-refractivity contribution < 1.29 is 14.8 Å². The van der Waals surface area contributed by atoms with Gasteiger partial charge in [-0.3, -0.25) is 19.9 Å². The van der Waals surface area contributed by atoms with Crippen LogP contribution in [0.15, 0.2) is 40.8 Å². The van der Waals surface area contributed by atoms with Gasteiger partial charge in [-0.05, 0) is 31.7 Å². The Morgan fingerprint density at radius 1 is 1.36 bits per heavy atom. The highest BCUT2D eigenvalue weighted by Gasteiger charge is 2.29. The van der Waals surface area contributed by atoms with Crippen LogP contribution in [-0.2, 0) is 11.2 Å². The summed E-state index contributed by atoms with van der Waals surface area (Å²) in [6.07, 6.45) is 6.77. The molecule has 0 radical (unpaired) electrons. The number of nitrogens with one attached hydrogen (secondary N) is 3. The minimum Gasteiger partial charge on any atom is -0.396 e. The molecule has 1 amide bonds. The van der Waals surface area contributed by atoms with Gasteiger partial charge < -0.3 is 26.0 Å². The van der Waals surface area contributed by atoms with Crippen LogP contribution in [0.5, 0.6) is 0 Å². The number of rotatable bonds is 9. The van der Waals surface area contributed by atoms with E-state index in [1.165, 1.54) is 6.07 Å². The number of anilines is 1. The molecule has 0 bridgehead atoms. The molecule has 1 atom stereocenters. The highest BCUT2D eigenvalue weighted by atomic mass is 16.6. The molecule has 2 aromatic rings. The Balaban J connectivity index is 1.34. The van der Waals surface area contributed by atoms with Gasteiger partial charge in [0.2, 0.25) is 5.91 Å². The molecule has 4 rings (SSSR count). The fourth-order valence-corrected chi connectivity index (χ4v) is 4.54. The molecule has 0 spiro atoms. The maximum atomic E-state index is 11.9. The predicted molar refractivity (Wildman–Crippen MR) is 135 cm³/mol. The number of aliphatic hydroxyl groups excluding tert-OH is 1. The van der Waals surface area contributed by atoms with E-state index in [1.54, 1.807) is 24.7 Å². The summed E-state index contributed by atoms with van der Waals surface area (Å²) in [6, 6.07) is 5.07. The molecule has 192 valence electrons. The van der Waals surface area contributed by atoms with Crippen LogP contribution in [0.2, 0.25) is 0 Å². The van der Waals surface area contributed by atoms with Crippen LogP contribution in [0.25, 0.3) is 0 Å². The summed E-state index contributed by atoms with van der Waals surface area (Å²) in [5.74, 6) is -0.379. The number of amides is 1. The minimum atomic E-state index is -0.497. The number of aromatic nitrogens is 2. The number of benzene rings is 1. The fourth-order valence-electron chi connectivity index (χ4n) is 4.54. The molecule has 1 aromatic carbocycles. The number of aromatic amines is 1. The van der Waals surface area contributed by atoms with Crippen molar-refractivity contribution in [2.45, 2.75) is 38.1 Å². The van der Waals surface area contributed by atoms with Crippen molar-refractivity contribution in [1.29, 1.82) is 0 Å². The molecule has 3 heterocycles. The lowest BCUT2D eigenvalue weighted by Crippen LogP contribution is -2.47. The second-order valence-corrected chi connectivity index (χ2v) is 8.93. The zero-order chi connectivity index (χ0) is 25.5. The van der Waals surface area contributed by atoms with Crippen LogP contribution < -0.4 is 21.4 Å². The Hall–Kier alpha value is -4.00. The van der Waals surface area contributed by atoms with Gasteiger partial charge in [-0.15, -0.1) is 0 Å². The van der Waals surface area contributed by atoms with Crippen molar-refractivity contribution in [1.82, 2.24) is 20.7 Å². The number of aliphatic imine (C=N–C) groups is 1. The van der Waals surface area contributed by atoms with Gasteiger partial charge in [0, 0.05) is 61.5 Å². The first-order valence-corrected chi connectivity index (χ1v) is 12.0. The fraction of sp³-hybridized carbons (Fsp3) is 0.478. The Morgan fingerprint density at radius 3 is 2.86 bits per heavy atom. The Morgan fingerprint density at radius 2 is 2.17 bits per heavy atom. The first-order chi connectivity index (χ1) is 17.4.